The molecule has 10 heteroatoms. The van der Waals surface area contributed by atoms with Gasteiger partial charge in [-0.15, -0.1) is 0 Å². The van der Waals surface area contributed by atoms with Gasteiger partial charge in [0.15, 0.2) is 0 Å². The molecule has 2 aliphatic rings. The molecule has 1 fully saturated rings. The Kier molecular flexibility index (Phi) is 5.26. The van der Waals surface area contributed by atoms with Gasteiger partial charge in [-0.05, 0) is 38.0 Å². The van der Waals surface area contributed by atoms with Crippen LogP contribution in [-0.2, 0) is 20.7 Å². The van der Waals surface area contributed by atoms with Crippen LogP contribution >= 0.6 is 0 Å². The second-order valence-electron chi connectivity index (χ2n) is 7.92. The van der Waals surface area contributed by atoms with Crippen LogP contribution in [0.5, 0.6) is 0 Å². The summed E-state index contributed by atoms with van der Waals surface area (Å²) in [6.45, 7) is 3.86. The van der Waals surface area contributed by atoms with Crippen molar-refractivity contribution in [2.75, 3.05) is 18.5 Å². The Balaban J connectivity index is 1.89. The Morgan fingerprint density at radius 2 is 2.13 bits per heavy atom. The summed E-state index contributed by atoms with van der Waals surface area (Å²) >= 11 is 0. The molecular weight excluding hydrogens is 407 g/mol. The first kappa shape index (κ1) is 21.0. The number of morpholine rings is 1. The Morgan fingerprint density at radius 1 is 1.35 bits per heavy atom. The number of carbonyl (C=O) groups excluding carboxylic acids is 3. The van der Waals surface area contributed by atoms with Crippen molar-refractivity contribution in [3.8, 4) is 11.5 Å². The number of amides is 3. The molecule has 1 saturated heterocycles. The van der Waals surface area contributed by atoms with E-state index in [1.807, 2.05) is 6.92 Å². The Hall–Kier alpha value is -3.27. The van der Waals surface area contributed by atoms with E-state index in [9.17, 15) is 14.4 Å². The first-order chi connectivity index (χ1) is 14.8. The number of halogens is 1. The van der Waals surface area contributed by atoms with Gasteiger partial charge in [0.1, 0.15) is 23.8 Å². The summed E-state index contributed by atoms with van der Waals surface area (Å²) in [5.41, 5.74) is -0.515. The van der Waals surface area contributed by atoms with E-state index >= 15 is 4.39 Å². The third-order valence-electron chi connectivity index (χ3n) is 5.89. The zero-order valence-corrected chi connectivity index (χ0v) is 17.3. The third-order valence-corrected chi connectivity index (χ3v) is 5.89. The average molecular weight is 430 g/mol. The van der Waals surface area contributed by atoms with Gasteiger partial charge in [-0.1, -0.05) is 0 Å². The van der Waals surface area contributed by atoms with Crippen LogP contribution in [0.25, 0.3) is 11.5 Å². The minimum absolute atomic E-state index is 0.108. The fourth-order valence-corrected chi connectivity index (χ4v) is 4.74. The number of fused-ring (bicyclic) bond motifs is 3. The molecule has 2 aromatic rings. The maximum Gasteiger partial charge on any atom is 0.321 e. The van der Waals surface area contributed by atoms with E-state index in [-0.39, 0.29) is 25.0 Å². The molecule has 0 spiro atoms. The molecule has 1 unspecified atom stereocenters. The van der Waals surface area contributed by atoms with Crippen molar-refractivity contribution >= 4 is 23.9 Å². The topological polar surface area (TPSA) is 114 Å². The molecule has 3 amide bonds. The van der Waals surface area contributed by atoms with Gasteiger partial charge in [0, 0.05) is 19.2 Å². The number of benzene rings is 1. The highest BCUT2D eigenvalue weighted by atomic mass is 19.1. The number of nitrogens with zero attached hydrogens (tertiary/aromatic N) is 2. The van der Waals surface area contributed by atoms with Gasteiger partial charge in [-0.2, -0.15) is 0 Å². The number of anilines is 1. The summed E-state index contributed by atoms with van der Waals surface area (Å²) in [5, 5.41) is 4.53. The molecule has 0 radical (unpaired) electrons. The molecule has 164 valence electrons. The second-order valence-corrected chi connectivity index (χ2v) is 7.92. The van der Waals surface area contributed by atoms with Crippen molar-refractivity contribution in [1.82, 2.24) is 15.6 Å². The van der Waals surface area contributed by atoms with E-state index in [0.29, 0.717) is 23.1 Å². The van der Waals surface area contributed by atoms with Gasteiger partial charge in [-0.25, -0.2) is 14.2 Å². The van der Waals surface area contributed by atoms with Crippen LogP contribution in [0.3, 0.4) is 0 Å². The number of rotatable bonds is 3. The number of aldehydes is 1. The summed E-state index contributed by atoms with van der Waals surface area (Å²) in [6, 6.07) is 1.46. The number of hydrogen-bond acceptors (Lipinski definition) is 7. The van der Waals surface area contributed by atoms with Crippen LogP contribution < -0.4 is 15.5 Å². The average Bonchev–Trinajstić information content (AvgIpc) is 3.26. The molecule has 9 nitrogen and oxygen atoms in total. The molecule has 0 saturated carbocycles. The summed E-state index contributed by atoms with van der Waals surface area (Å²) < 4.78 is 26.6. The largest absolute Gasteiger partial charge is 0.445 e. The fraction of sp³-hybridized carbons (Fsp3) is 0.429. The summed E-state index contributed by atoms with van der Waals surface area (Å²) in [6.07, 6.45) is 2.43. The normalized spacial score (nSPS) is 27.1. The van der Waals surface area contributed by atoms with Crippen molar-refractivity contribution in [3.05, 3.63) is 36.0 Å². The van der Waals surface area contributed by atoms with Crippen LogP contribution in [-0.4, -0.2) is 55.1 Å². The van der Waals surface area contributed by atoms with E-state index in [4.69, 9.17) is 9.15 Å². The number of nitrogens with one attached hydrogen (secondary N) is 2. The quantitative estimate of drug-likeness (QED) is 0.562. The van der Waals surface area contributed by atoms with Crippen molar-refractivity contribution in [1.29, 1.82) is 0 Å². The lowest BCUT2D eigenvalue weighted by atomic mass is 9.68. The summed E-state index contributed by atoms with van der Waals surface area (Å²) in [7, 11) is 1.37. The summed E-state index contributed by atoms with van der Waals surface area (Å²) in [4.78, 5) is 43.3. The molecule has 4 rings (SSSR count). The van der Waals surface area contributed by atoms with Gasteiger partial charge in [0.25, 0.3) is 0 Å². The molecule has 2 N–H and O–H groups in total. The predicted octanol–water partition coefficient (Wildman–Crippen LogP) is 1.66. The number of ether oxygens (including phenoxy) is 1. The predicted molar refractivity (Wildman–Crippen MR) is 108 cm³/mol. The molecule has 2 aliphatic heterocycles. The first-order valence-electron chi connectivity index (χ1n) is 9.94. The maximum absolute atomic E-state index is 15.4. The highest BCUT2D eigenvalue weighted by molar-refractivity contribution is 6.06. The second kappa shape index (κ2) is 7.77. The number of carbonyl (C=O) groups is 3. The molecule has 3 heterocycles. The van der Waals surface area contributed by atoms with E-state index < -0.39 is 35.3 Å². The highest BCUT2D eigenvalue weighted by Gasteiger charge is 2.57. The Bertz CT molecular complexity index is 1030. The minimum Gasteiger partial charge on any atom is -0.445 e. The van der Waals surface area contributed by atoms with E-state index in [0.717, 1.165) is 0 Å². The van der Waals surface area contributed by atoms with E-state index in [1.54, 1.807) is 17.9 Å². The molecule has 1 aromatic carbocycles. The number of oxazole rings is 1. The van der Waals surface area contributed by atoms with Gasteiger partial charge in [0.05, 0.1) is 30.1 Å². The third kappa shape index (κ3) is 3.36. The lowest BCUT2D eigenvalue weighted by Crippen LogP contribution is -2.68. The highest BCUT2D eigenvalue weighted by Crippen LogP contribution is 2.46. The number of hydrogen-bond donors (Lipinski definition) is 2. The molecule has 1 aromatic heterocycles. The van der Waals surface area contributed by atoms with Gasteiger partial charge < -0.3 is 24.2 Å². The number of urea groups is 1. The molecule has 4 atom stereocenters. The Labute approximate surface area is 177 Å². The fourth-order valence-electron chi connectivity index (χ4n) is 4.74. The lowest BCUT2D eigenvalue weighted by Gasteiger charge is -2.53. The van der Waals surface area contributed by atoms with Gasteiger partial charge >= 0.3 is 6.03 Å². The first-order valence-corrected chi connectivity index (χ1v) is 9.94. The van der Waals surface area contributed by atoms with Crippen LogP contribution in [0, 0.1) is 11.2 Å². The zero-order valence-electron chi connectivity index (χ0n) is 17.3. The monoisotopic (exact) mass is 430 g/mol. The van der Waals surface area contributed by atoms with Crippen LogP contribution in [0.15, 0.2) is 29.0 Å². The van der Waals surface area contributed by atoms with Crippen LogP contribution in [0.1, 0.15) is 19.4 Å². The zero-order chi connectivity index (χ0) is 22.3. The smallest absolute Gasteiger partial charge is 0.321 e. The van der Waals surface area contributed by atoms with Gasteiger partial charge in [0.2, 0.25) is 11.8 Å². The SMILES string of the molecule is CNC(=O)NC(=O)C1(C=O)Cc2cc(-c3ncco3)cc(F)c2N2C[C@@H](C)O[C@@H](C)[C@@H]21. The minimum atomic E-state index is -1.67. The summed E-state index contributed by atoms with van der Waals surface area (Å²) in [5.74, 6) is -1.06. The van der Waals surface area contributed by atoms with Crippen LogP contribution in [0.2, 0.25) is 0 Å². The van der Waals surface area contributed by atoms with Crippen molar-refractivity contribution < 1.29 is 27.9 Å². The Morgan fingerprint density at radius 3 is 2.77 bits per heavy atom. The van der Waals surface area contributed by atoms with Crippen molar-refractivity contribution in [2.24, 2.45) is 5.41 Å². The lowest BCUT2D eigenvalue weighted by molar-refractivity contribution is -0.144. The molecular formula is C21H23FN4O5. The maximum atomic E-state index is 15.4. The molecule has 31 heavy (non-hydrogen) atoms. The number of aromatic nitrogens is 1. The number of imide groups is 1. The van der Waals surface area contributed by atoms with Gasteiger partial charge in [-0.3, -0.25) is 10.1 Å². The van der Waals surface area contributed by atoms with Crippen LogP contribution in [0.4, 0.5) is 14.9 Å². The molecule has 0 bridgehead atoms. The van der Waals surface area contributed by atoms with E-state index in [2.05, 4.69) is 15.6 Å². The standard InChI is InChI=1S/C21H23FN4O5/c1-11-9-26-16-14(6-13(7-15(16)22)18-24-4-5-30-18)8-21(10-27,17(26)12(2)31-11)19(28)25-20(29)23-3/h4-7,10-12,17H,8-9H2,1-3H3,(H2,23,25,28,29)/t11-,12+,17-,21?/m1/s1. The molecule has 0 aliphatic carbocycles. The van der Waals surface area contributed by atoms with Crippen molar-refractivity contribution in [2.45, 2.75) is 38.5 Å². The van der Waals surface area contributed by atoms with E-state index in [1.165, 1.54) is 25.6 Å². The van der Waals surface area contributed by atoms with Crippen molar-refractivity contribution in [3.63, 3.8) is 0 Å².